The van der Waals surface area contributed by atoms with Gasteiger partial charge in [0.05, 0.1) is 17.5 Å². The molecule has 0 bridgehead atoms. The van der Waals surface area contributed by atoms with Crippen molar-refractivity contribution >= 4 is 17.7 Å². The third-order valence-corrected chi connectivity index (χ3v) is 6.23. The number of amides is 1. The molecular formula is C21H28N6OS. The Balaban J connectivity index is 1.58. The molecule has 2 heterocycles. The summed E-state index contributed by atoms with van der Waals surface area (Å²) in [6.07, 6.45) is 2.62. The molecule has 1 unspecified atom stereocenters. The fourth-order valence-corrected chi connectivity index (χ4v) is 4.48. The standard InChI is InChI=1S/C21H28N6OS/c1-4-17-7-5-6-8-18(17)27-15-23-24-21(27)29-14-20(28)26-11-9-25(10-12-26)19(13-22)16(2)3/h5-8,15-16,19H,4,9-12,14H2,1-3H3. The monoisotopic (exact) mass is 412 g/mol. The van der Waals surface area contributed by atoms with Crippen molar-refractivity contribution in [3.05, 3.63) is 36.2 Å². The summed E-state index contributed by atoms with van der Waals surface area (Å²) in [6.45, 7) is 9.06. The molecule has 7 nitrogen and oxygen atoms in total. The van der Waals surface area contributed by atoms with Gasteiger partial charge in [-0.05, 0) is 24.0 Å². The molecule has 154 valence electrons. The quantitative estimate of drug-likeness (QED) is 0.651. The lowest BCUT2D eigenvalue weighted by Crippen LogP contribution is -2.53. The van der Waals surface area contributed by atoms with Crippen molar-refractivity contribution in [3.63, 3.8) is 0 Å². The van der Waals surface area contributed by atoms with E-state index in [1.807, 2.05) is 27.7 Å². The number of nitriles is 1. The molecule has 29 heavy (non-hydrogen) atoms. The lowest BCUT2D eigenvalue weighted by Gasteiger charge is -2.38. The summed E-state index contributed by atoms with van der Waals surface area (Å²) in [7, 11) is 0. The highest BCUT2D eigenvalue weighted by Gasteiger charge is 2.27. The van der Waals surface area contributed by atoms with Crippen molar-refractivity contribution in [2.75, 3.05) is 31.9 Å². The van der Waals surface area contributed by atoms with Gasteiger partial charge in [0, 0.05) is 26.2 Å². The summed E-state index contributed by atoms with van der Waals surface area (Å²) in [5, 5.41) is 18.4. The highest BCUT2D eigenvalue weighted by molar-refractivity contribution is 7.99. The van der Waals surface area contributed by atoms with Crippen LogP contribution < -0.4 is 0 Å². The van der Waals surface area contributed by atoms with Gasteiger partial charge in [0.2, 0.25) is 5.91 Å². The number of benzene rings is 1. The number of carbonyl (C=O) groups is 1. The van der Waals surface area contributed by atoms with Gasteiger partial charge in [-0.2, -0.15) is 5.26 Å². The van der Waals surface area contributed by atoms with Crippen molar-refractivity contribution in [2.24, 2.45) is 5.92 Å². The second-order valence-electron chi connectivity index (χ2n) is 7.49. The van der Waals surface area contributed by atoms with Gasteiger partial charge in [0.25, 0.3) is 0 Å². The molecule has 1 atom stereocenters. The maximum Gasteiger partial charge on any atom is 0.233 e. The number of piperazine rings is 1. The Hall–Kier alpha value is -2.37. The van der Waals surface area contributed by atoms with E-state index in [4.69, 9.17) is 0 Å². The Morgan fingerprint density at radius 2 is 1.97 bits per heavy atom. The number of hydrogen-bond donors (Lipinski definition) is 0. The molecule has 1 aliphatic rings. The van der Waals surface area contributed by atoms with Gasteiger partial charge < -0.3 is 4.90 Å². The van der Waals surface area contributed by atoms with E-state index in [1.165, 1.54) is 17.3 Å². The first-order valence-corrected chi connectivity index (χ1v) is 11.1. The molecule has 0 N–H and O–H groups in total. The van der Waals surface area contributed by atoms with Crippen molar-refractivity contribution in [3.8, 4) is 11.8 Å². The number of thioether (sulfide) groups is 1. The van der Waals surface area contributed by atoms with E-state index in [9.17, 15) is 10.1 Å². The number of rotatable bonds is 7. The number of aromatic nitrogens is 3. The van der Waals surface area contributed by atoms with Crippen LogP contribution >= 0.6 is 11.8 Å². The van der Waals surface area contributed by atoms with Crippen LogP contribution in [-0.2, 0) is 11.2 Å². The van der Waals surface area contributed by atoms with Crippen LogP contribution in [-0.4, -0.2) is 68.4 Å². The van der Waals surface area contributed by atoms with Crippen LogP contribution in [0.2, 0.25) is 0 Å². The number of hydrogen-bond acceptors (Lipinski definition) is 6. The molecule has 1 aliphatic heterocycles. The molecule has 0 saturated carbocycles. The molecular weight excluding hydrogens is 384 g/mol. The lowest BCUT2D eigenvalue weighted by molar-refractivity contribution is -0.130. The number of para-hydroxylation sites is 1. The molecule has 1 fully saturated rings. The summed E-state index contributed by atoms with van der Waals surface area (Å²) in [5.41, 5.74) is 2.27. The minimum atomic E-state index is -0.0844. The maximum absolute atomic E-state index is 12.7. The topological polar surface area (TPSA) is 78.1 Å². The summed E-state index contributed by atoms with van der Waals surface area (Å²) in [5.74, 6) is 0.722. The number of carbonyl (C=O) groups excluding carboxylic acids is 1. The average molecular weight is 413 g/mol. The minimum Gasteiger partial charge on any atom is -0.339 e. The molecule has 0 radical (unpaired) electrons. The predicted molar refractivity (Wildman–Crippen MR) is 114 cm³/mol. The number of nitrogens with zero attached hydrogens (tertiary/aromatic N) is 6. The molecule has 1 aromatic heterocycles. The van der Waals surface area contributed by atoms with E-state index in [0.29, 0.717) is 18.8 Å². The van der Waals surface area contributed by atoms with Crippen LogP contribution in [0.25, 0.3) is 5.69 Å². The van der Waals surface area contributed by atoms with Gasteiger partial charge in [-0.3, -0.25) is 14.3 Å². The normalized spacial score (nSPS) is 16.0. The second-order valence-corrected chi connectivity index (χ2v) is 8.43. The first-order valence-electron chi connectivity index (χ1n) is 10.1. The van der Waals surface area contributed by atoms with Crippen LogP contribution in [0.1, 0.15) is 26.3 Å². The van der Waals surface area contributed by atoms with E-state index in [0.717, 1.165) is 30.4 Å². The minimum absolute atomic E-state index is 0.0844. The van der Waals surface area contributed by atoms with Gasteiger partial charge in [0.1, 0.15) is 12.4 Å². The van der Waals surface area contributed by atoms with E-state index in [2.05, 4.69) is 48.0 Å². The van der Waals surface area contributed by atoms with Crippen molar-refractivity contribution < 1.29 is 4.79 Å². The fourth-order valence-electron chi connectivity index (χ4n) is 3.65. The first kappa shape index (κ1) is 21.3. The SMILES string of the molecule is CCc1ccccc1-n1cnnc1SCC(=O)N1CCN(C(C#N)C(C)C)CC1. The van der Waals surface area contributed by atoms with Crippen LogP contribution in [0.5, 0.6) is 0 Å². The summed E-state index contributed by atoms with van der Waals surface area (Å²) >= 11 is 1.42. The van der Waals surface area contributed by atoms with Gasteiger partial charge in [-0.1, -0.05) is 50.7 Å². The van der Waals surface area contributed by atoms with Crippen LogP contribution in [0.3, 0.4) is 0 Å². The zero-order chi connectivity index (χ0) is 20.8. The maximum atomic E-state index is 12.7. The third kappa shape index (κ3) is 4.98. The Bertz CT molecular complexity index is 866. The molecule has 3 rings (SSSR count). The Kier molecular flexibility index (Phi) is 7.29. The molecule has 2 aromatic rings. The van der Waals surface area contributed by atoms with E-state index >= 15 is 0 Å². The van der Waals surface area contributed by atoms with Crippen molar-refractivity contribution in [2.45, 2.75) is 38.4 Å². The smallest absolute Gasteiger partial charge is 0.233 e. The van der Waals surface area contributed by atoms with Crippen molar-refractivity contribution in [1.29, 1.82) is 5.26 Å². The molecule has 0 spiro atoms. The zero-order valence-electron chi connectivity index (χ0n) is 17.3. The fraction of sp³-hybridized carbons (Fsp3) is 0.524. The average Bonchev–Trinajstić information content (AvgIpc) is 3.21. The van der Waals surface area contributed by atoms with Gasteiger partial charge in [-0.15, -0.1) is 10.2 Å². The summed E-state index contributed by atoms with van der Waals surface area (Å²) < 4.78 is 1.95. The summed E-state index contributed by atoms with van der Waals surface area (Å²) in [6, 6.07) is 10.5. The number of aryl methyl sites for hydroxylation is 1. The summed E-state index contributed by atoms with van der Waals surface area (Å²) in [4.78, 5) is 16.8. The predicted octanol–water partition coefficient (Wildman–Crippen LogP) is 2.61. The molecule has 1 amide bonds. The Morgan fingerprint density at radius 1 is 1.24 bits per heavy atom. The van der Waals surface area contributed by atoms with Gasteiger partial charge in [0.15, 0.2) is 5.16 Å². The van der Waals surface area contributed by atoms with Crippen LogP contribution in [0.15, 0.2) is 35.7 Å². The molecule has 8 heteroatoms. The highest BCUT2D eigenvalue weighted by atomic mass is 32.2. The first-order chi connectivity index (χ1) is 14.0. The van der Waals surface area contributed by atoms with Crippen molar-refractivity contribution in [1.82, 2.24) is 24.6 Å². The Morgan fingerprint density at radius 3 is 2.62 bits per heavy atom. The van der Waals surface area contributed by atoms with Gasteiger partial charge >= 0.3 is 0 Å². The van der Waals surface area contributed by atoms with Gasteiger partial charge in [-0.25, -0.2) is 0 Å². The highest BCUT2D eigenvalue weighted by Crippen LogP contribution is 2.23. The van der Waals surface area contributed by atoms with E-state index < -0.39 is 0 Å². The molecule has 1 aromatic carbocycles. The Labute approximate surface area is 176 Å². The molecule has 0 aliphatic carbocycles. The largest absolute Gasteiger partial charge is 0.339 e. The zero-order valence-corrected chi connectivity index (χ0v) is 18.1. The lowest BCUT2D eigenvalue weighted by atomic mass is 10.0. The van der Waals surface area contributed by atoms with E-state index in [1.54, 1.807) is 6.33 Å². The third-order valence-electron chi connectivity index (χ3n) is 5.30. The van der Waals surface area contributed by atoms with E-state index in [-0.39, 0.29) is 17.9 Å². The second kappa shape index (κ2) is 9.90. The van der Waals surface area contributed by atoms with Crippen LogP contribution in [0.4, 0.5) is 0 Å². The van der Waals surface area contributed by atoms with Crippen LogP contribution in [0, 0.1) is 17.2 Å². The molecule has 1 saturated heterocycles.